The summed E-state index contributed by atoms with van der Waals surface area (Å²) in [6.45, 7) is 1.34. The highest BCUT2D eigenvalue weighted by Crippen LogP contribution is 2.18. The molecule has 1 unspecified atom stereocenters. The second kappa shape index (κ2) is 6.64. The van der Waals surface area contributed by atoms with Crippen LogP contribution in [0.4, 0.5) is 19.3 Å². The highest BCUT2D eigenvalue weighted by Gasteiger charge is 2.22. The first-order chi connectivity index (χ1) is 9.70. The highest BCUT2D eigenvalue weighted by atomic mass is 19.1. The zero-order valence-electron chi connectivity index (χ0n) is 10.9. The molecule has 114 valence electrons. The lowest BCUT2D eigenvalue weighted by Gasteiger charge is -2.14. The summed E-state index contributed by atoms with van der Waals surface area (Å²) in [7, 11) is 0. The molecule has 21 heavy (non-hydrogen) atoms. The Kier molecular flexibility index (Phi) is 5.17. The van der Waals surface area contributed by atoms with E-state index < -0.39 is 47.7 Å². The van der Waals surface area contributed by atoms with Crippen molar-refractivity contribution in [3.63, 3.8) is 0 Å². The lowest BCUT2D eigenvalue weighted by Crippen LogP contribution is -2.45. The number of carbonyl (C=O) groups excluding carboxylic acids is 2. The maximum absolute atomic E-state index is 13.5. The number of halogens is 2. The molecule has 0 bridgehead atoms. The Morgan fingerprint density at radius 2 is 1.90 bits per heavy atom. The Bertz CT molecular complexity index is 592. The summed E-state index contributed by atoms with van der Waals surface area (Å²) in [5.74, 6) is -4.04. The third-order valence-corrected chi connectivity index (χ3v) is 2.51. The van der Waals surface area contributed by atoms with Crippen LogP contribution in [0.3, 0.4) is 0 Å². The minimum absolute atomic E-state index is 0.0515. The number of benzene rings is 1. The van der Waals surface area contributed by atoms with Crippen LogP contribution in [-0.4, -0.2) is 29.1 Å². The number of anilines is 1. The summed E-state index contributed by atoms with van der Waals surface area (Å²) in [6.07, 6.45) is -0.631. The maximum atomic E-state index is 13.5. The van der Waals surface area contributed by atoms with Crippen molar-refractivity contribution >= 4 is 23.6 Å². The van der Waals surface area contributed by atoms with Crippen molar-refractivity contribution < 1.29 is 28.3 Å². The van der Waals surface area contributed by atoms with E-state index in [0.29, 0.717) is 0 Å². The lowest BCUT2D eigenvalue weighted by atomic mass is 10.2. The van der Waals surface area contributed by atoms with Gasteiger partial charge in [-0.1, -0.05) is 0 Å². The van der Waals surface area contributed by atoms with Crippen LogP contribution in [0.2, 0.25) is 0 Å². The Morgan fingerprint density at radius 1 is 1.29 bits per heavy atom. The Hall–Kier alpha value is -2.71. The van der Waals surface area contributed by atoms with Gasteiger partial charge in [0.05, 0.1) is 12.1 Å². The number of primary amides is 1. The van der Waals surface area contributed by atoms with Crippen molar-refractivity contribution in [1.29, 1.82) is 0 Å². The normalized spacial score (nSPS) is 11.6. The molecule has 0 spiro atoms. The molecule has 1 aromatic carbocycles. The number of nitrogens with two attached hydrogens (primary N) is 1. The molecular weight excluding hydrogens is 288 g/mol. The fraction of sp³-hybridized carbons (Fsp3) is 0.250. The van der Waals surface area contributed by atoms with E-state index in [2.05, 4.69) is 0 Å². The second-order valence-electron chi connectivity index (χ2n) is 4.24. The van der Waals surface area contributed by atoms with Crippen molar-refractivity contribution in [2.45, 2.75) is 19.4 Å². The first-order valence-corrected chi connectivity index (χ1v) is 5.75. The molecule has 0 saturated heterocycles. The van der Waals surface area contributed by atoms with Crippen molar-refractivity contribution in [2.24, 2.45) is 5.73 Å². The first-order valence-electron chi connectivity index (χ1n) is 5.75. The Morgan fingerprint density at radius 3 is 2.43 bits per heavy atom. The van der Waals surface area contributed by atoms with Gasteiger partial charge in [0, 0.05) is 6.07 Å². The van der Waals surface area contributed by atoms with Gasteiger partial charge < -0.3 is 21.5 Å². The molecule has 0 aliphatic rings. The molecule has 0 aliphatic carbocycles. The van der Waals surface area contributed by atoms with Gasteiger partial charge in [-0.2, -0.15) is 0 Å². The minimum atomic E-state index is -1.57. The number of nitrogens with one attached hydrogen (secondary N) is 2. The molecule has 0 aromatic heterocycles. The van der Waals surface area contributed by atoms with Crippen LogP contribution in [0, 0.1) is 18.6 Å². The van der Waals surface area contributed by atoms with Crippen molar-refractivity contribution in [2.75, 3.05) is 5.32 Å². The fourth-order valence-electron chi connectivity index (χ4n) is 1.46. The van der Waals surface area contributed by atoms with E-state index >= 15 is 0 Å². The van der Waals surface area contributed by atoms with Gasteiger partial charge in [0.15, 0.2) is 0 Å². The third-order valence-electron chi connectivity index (χ3n) is 2.51. The average Bonchev–Trinajstić information content (AvgIpc) is 2.34. The van der Waals surface area contributed by atoms with Crippen LogP contribution in [0.5, 0.6) is 0 Å². The predicted octanol–water partition coefficient (Wildman–Crippen LogP) is 0.723. The third kappa shape index (κ3) is 4.71. The summed E-state index contributed by atoms with van der Waals surface area (Å²) in [6, 6.07) is -1.04. The predicted molar refractivity (Wildman–Crippen MR) is 68.5 cm³/mol. The molecule has 0 radical (unpaired) electrons. The van der Waals surface area contributed by atoms with Gasteiger partial charge in [-0.25, -0.2) is 18.4 Å². The van der Waals surface area contributed by atoms with Gasteiger partial charge in [-0.15, -0.1) is 0 Å². The molecule has 5 N–H and O–H groups in total. The molecule has 0 aliphatic heterocycles. The van der Waals surface area contributed by atoms with Gasteiger partial charge in [0.1, 0.15) is 17.7 Å². The van der Waals surface area contributed by atoms with E-state index in [0.717, 1.165) is 12.1 Å². The number of rotatable bonds is 5. The van der Waals surface area contributed by atoms with E-state index in [1.54, 1.807) is 0 Å². The molecule has 1 aromatic rings. The maximum Gasteiger partial charge on any atom is 0.326 e. The quantitative estimate of drug-likeness (QED) is 0.640. The highest BCUT2D eigenvalue weighted by molar-refractivity contribution is 5.93. The first kappa shape index (κ1) is 16.3. The summed E-state index contributed by atoms with van der Waals surface area (Å²) < 4.78 is 26.8. The number of carbonyl (C=O) groups is 3. The second-order valence-corrected chi connectivity index (χ2v) is 4.24. The van der Waals surface area contributed by atoms with Crippen LogP contribution < -0.4 is 16.4 Å². The summed E-state index contributed by atoms with van der Waals surface area (Å²) in [4.78, 5) is 33.0. The molecule has 0 fully saturated rings. The summed E-state index contributed by atoms with van der Waals surface area (Å²) >= 11 is 0. The molecule has 1 rings (SSSR count). The smallest absolute Gasteiger partial charge is 0.326 e. The number of carboxylic acid groups (broad SMARTS) is 1. The van der Waals surface area contributed by atoms with Crippen LogP contribution in [-0.2, 0) is 9.59 Å². The van der Waals surface area contributed by atoms with Crippen molar-refractivity contribution in [3.05, 3.63) is 29.3 Å². The number of hydrogen-bond acceptors (Lipinski definition) is 3. The number of urea groups is 1. The SMILES string of the molecule is Cc1cc(F)c(NC(=O)NC(CC(N)=O)C(=O)O)cc1F. The Labute approximate surface area is 118 Å². The van der Waals surface area contributed by atoms with E-state index in [1.807, 2.05) is 10.6 Å². The van der Waals surface area contributed by atoms with Crippen LogP contribution in [0.1, 0.15) is 12.0 Å². The topological polar surface area (TPSA) is 122 Å². The molecule has 3 amide bonds. The molecule has 0 saturated carbocycles. The molecule has 9 heteroatoms. The number of amides is 3. The fourth-order valence-corrected chi connectivity index (χ4v) is 1.46. The number of aryl methyl sites for hydroxylation is 1. The monoisotopic (exact) mass is 301 g/mol. The van der Waals surface area contributed by atoms with Gasteiger partial charge in [-0.05, 0) is 18.6 Å². The van der Waals surface area contributed by atoms with E-state index in [4.69, 9.17) is 10.8 Å². The van der Waals surface area contributed by atoms with E-state index in [-0.39, 0.29) is 5.56 Å². The van der Waals surface area contributed by atoms with Crippen molar-refractivity contribution in [1.82, 2.24) is 5.32 Å². The summed E-state index contributed by atoms with van der Waals surface area (Å²) in [5.41, 5.74) is 4.43. The number of carboxylic acids is 1. The molecular formula is C12H13F2N3O4. The van der Waals surface area contributed by atoms with Gasteiger partial charge in [0.2, 0.25) is 5.91 Å². The summed E-state index contributed by atoms with van der Waals surface area (Å²) in [5, 5.41) is 12.7. The van der Waals surface area contributed by atoms with Gasteiger partial charge in [-0.3, -0.25) is 4.79 Å². The van der Waals surface area contributed by atoms with Crippen LogP contribution >= 0.6 is 0 Å². The molecule has 0 heterocycles. The molecule has 7 nitrogen and oxygen atoms in total. The minimum Gasteiger partial charge on any atom is -0.480 e. The lowest BCUT2D eigenvalue weighted by molar-refractivity contribution is -0.140. The standard InChI is InChI=1S/C12H13F2N3O4/c1-5-2-7(14)8(3-6(5)13)16-12(21)17-9(11(19)20)4-10(15)18/h2-3,9H,4H2,1H3,(H2,15,18)(H,19,20)(H2,16,17,21). The number of hydrogen-bond donors (Lipinski definition) is 4. The Balaban J connectivity index is 2.79. The van der Waals surface area contributed by atoms with Crippen LogP contribution in [0.25, 0.3) is 0 Å². The van der Waals surface area contributed by atoms with Crippen molar-refractivity contribution in [3.8, 4) is 0 Å². The zero-order chi connectivity index (χ0) is 16.2. The van der Waals surface area contributed by atoms with Gasteiger partial charge >= 0.3 is 12.0 Å². The average molecular weight is 301 g/mol. The van der Waals surface area contributed by atoms with Gasteiger partial charge in [0.25, 0.3) is 0 Å². The molecule has 1 atom stereocenters. The zero-order valence-corrected chi connectivity index (χ0v) is 10.9. The largest absolute Gasteiger partial charge is 0.480 e. The van der Waals surface area contributed by atoms with E-state index in [1.165, 1.54) is 6.92 Å². The van der Waals surface area contributed by atoms with E-state index in [9.17, 15) is 23.2 Å². The van der Waals surface area contributed by atoms with Crippen LogP contribution in [0.15, 0.2) is 12.1 Å². The number of aliphatic carboxylic acids is 1.